The third kappa shape index (κ3) is 5.97. The Balaban J connectivity index is 2.38. The first-order valence-electron chi connectivity index (χ1n) is 10.1. The zero-order valence-corrected chi connectivity index (χ0v) is 20.0. The number of unbranched alkanes of at least 4 members (excludes halogenated alkanes) is 4. The minimum atomic E-state index is -1.69. The van der Waals surface area contributed by atoms with Gasteiger partial charge in [0, 0.05) is 6.42 Å². The number of ketones is 1. The lowest BCUT2D eigenvalue weighted by Crippen LogP contribution is -2.34. The molecule has 0 spiro atoms. The molecule has 0 aromatic carbocycles. The fourth-order valence-electron chi connectivity index (χ4n) is 2.98. The van der Waals surface area contributed by atoms with E-state index in [1.165, 1.54) is 19.3 Å². The van der Waals surface area contributed by atoms with E-state index in [9.17, 15) is 4.79 Å². The van der Waals surface area contributed by atoms with Crippen LogP contribution in [0.15, 0.2) is 6.33 Å². The minimum Gasteiger partial charge on any atom is -0.380 e. The largest absolute Gasteiger partial charge is 0.380 e. The smallest absolute Gasteiger partial charge is 0.217 e. The Kier molecular flexibility index (Phi) is 6.96. The molecule has 0 fully saturated rings. The lowest BCUT2D eigenvalue weighted by molar-refractivity contribution is 0.0976. The summed E-state index contributed by atoms with van der Waals surface area (Å²) in [4.78, 5) is 30.3. The highest BCUT2D eigenvalue weighted by Gasteiger charge is 2.25. The van der Waals surface area contributed by atoms with Gasteiger partial charge in [0.2, 0.25) is 5.95 Å². The SMILES string of the molecule is CCCCCCCC(=O)c1nc(N[Si](C)(C)C)nc2c1ncn2[Si](C)(C)C. The molecular formula is C19H35N5OSi2. The number of nitrogens with zero attached hydrogens (tertiary/aromatic N) is 4. The zero-order chi connectivity index (χ0) is 20.2. The Labute approximate surface area is 165 Å². The van der Waals surface area contributed by atoms with Crippen molar-refractivity contribution < 1.29 is 4.79 Å². The topological polar surface area (TPSA) is 72.7 Å². The summed E-state index contributed by atoms with van der Waals surface area (Å²) < 4.78 is 2.16. The summed E-state index contributed by atoms with van der Waals surface area (Å²) in [6.45, 7) is 15.5. The Morgan fingerprint density at radius 1 is 1.04 bits per heavy atom. The summed E-state index contributed by atoms with van der Waals surface area (Å²) in [7, 11) is -3.32. The van der Waals surface area contributed by atoms with E-state index in [0.717, 1.165) is 18.5 Å². The van der Waals surface area contributed by atoms with Gasteiger partial charge < -0.3 is 9.22 Å². The predicted molar refractivity (Wildman–Crippen MR) is 119 cm³/mol. The molecule has 6 nitrogen and oxygen atoms in total. The zero-order valence-electron chi connectivity index (χ0n) is 18.0. The average Bonchev–Trinajstić information content (AvgIpc) is 2.96. The number of aromatic nitrogens is 4. The number of fused-ring (bicyclic) bond motifs is 1. The third-order valence-electron chi connectivity index (χ3n) is 4.38. The highest BCUT2D eigenvalue weighted by molar-refractivity contribution is 6.79. The first-order valence-corrected chi connectivity index (χ1v) is 17.0. The number of rotatable bonds is 10. The molecule has 0 aliphatic carbocycles. The molecular weight excluding hydrogens is 370 g/mol. The molecule has 0 saturated carbocycles. The maximum absolute atomic E-state index is 12.9. The molecule has 8 heteroatoms. The van der Waals surface area contributed by atoms with E-state index >= 15 is 0 Å². The maximum Gasteiger partial charge on any atom is 0.217 e. The van der Waals surface area contributed by atoms with Gasteiger partial charge >= 0.3 is 0 Å². The number of carbonyl (C=O) groups is 1. The Hall–Kier alpha value is -1.55. The van der Waals surface area contributed by atoms with Gasteiger partial charge in [-0.15, -0.1) is 0 Å². The lowest BCUT2D eigenvalue weighted by atomic mass is 10.1. The van der Waals surface area contributed by atoms with Crippen molar-refractivity contribution in [2.24, 2.45) is 0 Å². The van der Waals surface area contributed by atoms with Crippen LogP contribution in [0.2, 0.25) is 39.3 Å². The van der Waals surface area contributed by atoms with Gasteiger partial charge in [0.1, 0.15) is 19.4 Å². The second kappa shape index (κ2) is 8.64. The van der Waals surface area contributed by atoms with Crippen LogP contribution in [0, 0.1) is 0 Å². The van der Waals surface area contributed by atoms with E-state index in [1.807, 2.05) is 6.33 Å². The summed E-state index contributed by atoms with van der Waals surface area (Å²) in [6, 6.07) is 0. The summed E-state index contributed by atoms with van der Waals surface area (Å²) in [5.74, 6) is 0.648. The molecule has 27 heavy (non-hydrogen) atoms. The number of carbonyl (C=O) groups excluding carboxylic acids is 1. The van der Waals surface area contributed by atoms with Crippen molar-refractivity contribution in [3.8, 4) is 0 Å². The van der Waals surface area contributed by atoms with E-state index in [1.54, 1.807) is 0 Å². The molecule has 2 aromatic rings. The fourth-order valence-corrected chi connectivity index (χ4v) is 4.96. The van der Waals surface area contributed by atoms with Crippen molar-refractivity contribution in [2.75, 3.05) is 4.98 Å². The molecule has 0 aliphatic heterocycles. The van der Waals surface area contributed by atoms with Crippen LogP contribution in [0.1, 0.15) is 55.9 Å². The van der Waals surface area contributed by atoms with E-state index < -0.39 is 16.5 Å². The van der Waals surface area contributed by atoms with Crippen molar-refractivity contribution in [3.05, 3.63) is 12.0 Å². The monoisotopic (exact) mass is 405 g/mol. The van der Waals surface area contributed by atoms with Crippen LogP contribution < -0.4 is 4.98 Å². The van der Waals surface area contributed by atoms with Crippen molar-refractivity contribution in [1.82, 2.24) is 19.2 Å². The molecule has 0 radical (unpaired) electrons. The molecule has 0 bridgehead atoms. The maximum atomic E-state index is 12.9. The Bertz CT molecular complexity index is 790. The van der Waals surface area contributed by atoms with E-state index in [2.05, 4.69) is 65.4 Å². The molecule has 0 amide bonds. The molecule has 2 aromatic heterocycles. The molecule has 0 saturated heterocycles. The Morgan fingerprint density at radius 2 is 1.70 bits per heavy atom. The van der Waals surface area contributed by atoms with Crippen molar-refractivity contribution in [1.29, 1.82) is 0 Å². The van der Waals surface area contributed by atoms with E-state index in [4.69, 9.17) is 4.98 Å². The predicted octanol–water partition coefficient (Wildman–Crippen LogP) is 5.30. The van der Waals surface area contributed by atoms with Crippen molar-refractivity contribution >= 4 is 39.4 Å². The van der Waals surface area contributed by atoms with Crippen LogP contribution in [0.3, 0.4) is 0 Å². The third-order valence-corrected chi connectivity index (χ3v) is 7.12. The summed E-state index contributed by atoms with van der Waals surface area (Å²) in [5, 5.41) is 0. The van der Waals surface area contributed by atoms with Crippen LogP contribution in [-0.2, 0) is 0 Å². The van der Waals surface area contributed by atoms with Crippen LogP contribution >= 0.6 is 0 Å². The molecule has 150 valence electrons. The van der Waals surface area contributed by atoms with Gasteiger partial charge in [0.05, 0.1) is 6.33 Å². The van der Waals surface area contributed by atoms with Crippen molar-refractivity contribution in [3.63, 3.8) is 0 Å². The summed E-state index contributed by atoms with van der Waals surface area (Å²) >= 11 is 0. The van der Waals surface area contributed by atoms with Gasteiger partial charge in [-0.1, -0.05) is 71.9 Å². The number of hydrogen-bond donors (Lipinski definition) is 1. The Morgan fingerprint density at radius 3 is 2.30 bits per heavy atom. The highest BCUT2D eigenvalue weighted by Crippen LogP contribution is 2.23. The standard InChI is InChI=1S/C19H35N5OSi2/c1-8-9-10-11-12-13-15(25)16-17-18(24(14-20-17)27(5,6)7)22-19(21-16)23-26(2,3)4/h14H,8-13H2,1-7H3,(H,21,22,23). The molecule has 1 N–H and O–H groups in total. The summed E-state index contributed by atoms with van der Waals surface area (Å²) in [5.41, 5.74) is 1.92. The minimum absolute atomic E-state index is 0.0818. The number of imidazole rings is 1. The van der Waals surface area contributed by atoms with Gasteiger partial charge in [-0.05, 0) is 6.42 Å². The first-order chi connectivity index (χ1) is 12.5. The molecule has 0 unspecified atom stereocenters. The van der Waals surface area contributed by atoms with E-state index in [-0.39, 0.29) is 5.78 Å². The second-order valence-corrected chi connectivity index (χ2v) is 18.9. The van der Waals surface area contributed by atoms with Gasteiger partial charge in [-0.25, -0.2) is 9.97 Å². The van der Waals surface area contributed by atoms with Crippen LogP contribution in [0.25, 0.3) is 11.2 Å². The molecule has 2 rings (SSSR count). The van der Waals surface area contributed by atoms with Crippen LogP contribution in [0.5, 0.6) is 0 Å². The van der Waals surface area contributed by atoms with E-state index in [0.29, 0.717) is 23.6 Å². The molecule has 0 atom stereocenters. The average molecular weight is 406 g/mol. The molecule has 0 aliphatic rings. The van der Waals surface area contributed by atoms with Crippen LogP contribution in [0.4, 0.5) is 5.95 Å². The quantitative estimate of drug-likeness (QED) is 0.330. The number of Topliss-reactive ketones (excluding diaryl/α,β-unsaturated/α-hetero) is 1. The van der Waals surface area contributed by atoms with Crippen LogP contribution in [-0.4, -0.2) is 41.4 Å². The van der Waals surface area contributed by atoms with Gasteiger partial charge in [-0.3, -0.25) is 4.79 Å². The van der Waals surface area contributed by atoms with Gasteiger partial charge in [0.25, 0.3) is 0 Å². The number of anilines is 1. The number of hydrogen-bond acceptors (Lipinski definition) is 5. The van der Waals surface area contributed by atoms with Crippen molar-refractivity contribution in [2.45, 2.75) is 84.7 Å². The summed E-state index contributed by atoms with van der Waals surface area (Å²) in [6.07, 6.45) is 8.00. The van der Waals surface area contributed by atoms with Gasteiger partial charge in [0.15, 0.2) is 19.7 Å². The normalized spacial score (nSPS) is 12.6. The van der Waals surface area contributed by atoms with Gasteiger partial charge in [-0.2, -0.15) is 4.98 Å². The molecule has 2 heterocycles. The first kappa shape index (κ1) is 21.8. The highest BCUT2D eigenvalue weighted by atomic mass is 28.3. The lowest BCUT2D eigenvalue weighted by Gasteiger charge is -2.21. The number of nitrogens with one attached hydrogen (secondary N) is 1. The fraction of sp³-hybridized carbons (Fsp3) is 0.684. The second-order valence-electron chi connectivity index (χ2n) is 9.32.